The highest BCUT2D eigenvalue weighted by Gasteiger charge is 2.36. The summed E-state index contributed by atoms with van der Waals surface area (Å²) in [6.07, 6.45) is -2.64. The van der Waals surface area contributed by atoms with Crippen LogP contribution in [0.25, 0.3) is 5.65 Å². The lowest BCUT2D eigenvalue weighted by molar-refractivity contribution is -0.142. The fourth-order valence-electron chi connectivity index (χ4n) is 3.80. The first-order valence-corrected chi connectivity index (χ1v) is 9.16. The molecule has 0 amide bonds. The Morgan fingerprint density at radius 3 is 2.61 bits per heavy atom. The smallest absolute Gasteiger partial charge is 0.433 e. The second-order valence-electron chi connectivity index (χ2n) is 7.10. The summed E-state index contributed by atoms with van der Waals surface area (Å²) in [6, 6.07) is 10.5. The summed E-state index contributed by atoms with van der Waals surface area (Å²) in [5, 5.41) is 4.29. The average molecular weight is 390 g/mol. The molecule has 1 fully saturated rings. The number of fused-ring (bicyclic) bond motifs is 1. The minimum Gasteiger partial charge on any atom is -0.497 e. The molecule has 0 bridgehead atoms. The average Bonchev–Trinajstić information content (AvgIpc) is 3.27. The Bertz CT molecular complexity index is 982. The minimum absolute atomic E-state index is 0.0230. The van der Waals surface area contributed by atoms with Crippen LogP contribution in [0, 0.1) is 6.92 Å². The zero-order chi connectivity index (χ0) is 19.9. The van der Waals surface area contributed by atoms with Crippen molar-refractivity contribution in [2.75, 3.05) is 13.7 Å². The lowest BCUT2D eigenvalue weighted by Crippen LogP contribution is -2.23. The summed E-state index contributed by atoms with van der Waals surface area (Å²) in [4.78, 5) is 6.49. The van der Waals surface area contributed by atoms with Gasteiger partial charge in [0.15, 0.2) is 5.65 Å². The number of ether oxygens (including phenoxy) is 1. The summed E-state index contributed by atoms with van der Waals surface area (Å²) >= 11 is 0. The molecule has 3 heterocycles. The SMILES string of the molecule is COc1ccc(CN2CCCC2c2cc3nc(C)cc(C(F)(F)F)n3n2)cc1. The number of benzene rings is 1. The van der Waals surface area contributed by atoms with E-state index < -0.39 is 11.9 Å². The van der Waals surface area contributed by atoms with Crippen LogP contribution in [0.4, 0.5) is 13.2 Å². The molecule has 0 spiro atoms. The molecule has 5 nitrogen and oxygen atoms in total. The van der Waals surface area contributed by atoms with E-state index in [1.807, 2.05) is 24.3 Å². The van der Waals surface area contributed by atoms with Crippen LogP contribution in [-0.4, -0.2) is 33.2 Å². The monoisotopic (exact) mass is 390 g/mol. The minimum atomic E-state index is -4.48. The molecule has 0 radical (unpaired) electrons. The number of alkyl halides is 3. The Kier molecular flexibility index (Phi) is 4.74. The number of hydrogen-bond donors (Lipinski definition) is 0. The van der Waals surface area contributed by atoms with Crippen LogP contribution >= 0.6 is 0 Å². The number of aryl methyl sites for hydroxylation is 1. The highest BCUT2D eigenvalue weighted by molar-refractivity contribution is 5.43. The van der Waals surface area contributed by atoms with E-state index in [9.17, 15) is 13.2 Å². The summed E-state index contributed by atoms with van der Waals surface area (Å²) in [5.74, 6) is 0.795. The standard InChI is InChI=1S/C20H21F3N4O/c1-13-10-18(20(21,22)23)27-19(24-13)11-16(25-27)17-4-3-9-26(17)12-14-5-7-15(28-2)8-6-14/h5-8,10-11,17H,3-4,9,12H2,1-2H3. The first-order valence-electron chi connectivity index (χ1n) is 9.16. The third-order valence-electron chi connectivity index (χ3n) is 5.11. The molecule has 1 atom stereocenters. The largest absolute Gasteiger partial charge is 0.497 e. The highest BCUT2D eigenvalue weighted by Crippen LogP contribution is 2.35. The van der Waals surface area contributed by atoms with Crippen molar-refractivity contribution in [3.05, 3.63) is 59.0 Å². The third-order valence-corrected chi connectivity index (χ3v) is 5.11. The molecular weight excluding hydrogens is 369 g/mol. The van der Waals surface area contributed by atoms with Crippen molar-refractivity contribution in [1.82, 2.24) is 19.5 Å². The van der Waals surface area contributed by atoms with Crippen LogP contribution in [-0.2, 0) is 12.7 Å². The van der Waals surface area contributed by atoms with Gasteiger partial charge in [-0.2, -0.15) is 18.3 Å². The molecule has 3 aromatic rings. The van der Waals surface area contributed by atoms with Crippen LogP contribution in [0.5, 0.6) is 5.75 Å². The van der Waals surface area contributed by atoms with Gasteiger partial charge in [0, 0.05) is 18.3 Å². The molecule has 0 aliphatic carbocycles. The summed E-state index contributed by atoms with van der Waals surface area (Å²) in [5.41, 5.74) is 1.53. The van der Waals surface area contributed by atoms with Gasteiger partial charge in [0.25, 0.3) is 0 Å². The van der Waals surface area contributed by atoms with E-state index in [4.69, 9.17) is 4.74 Å². The van der Waals surface area contributed by atoms with E-state index in [-0.39, 0.29) is 11.7 Å². The first-order chi connectivity index (χ1) is 13.3. The van der Waals surface area contributed by atoms with Crippen molar-refractivity contribution in [3.8, 4) is 5.75 Å². The molecule has 8 heteroatoms. The van der Waals surface area contributed by atoms with E-state index in [1.165, 1.54) is 0 Å². The quantitative estimate of drug-likeness (QED) is 0.662. The zero-order valence-corrected chi connectivity index (χ0v) is 15.7. The van der Waals surface area contributed by atoms with Gasteiger partial charge < -0.3 is 4.74 Å². The lowest BCUT2D eigenvalue weighted by Gasteiger charge is -2.23. The maximum absolute atomic E-state index is 13.4. The fourth-order valence-corrected chi connectivity index (χ4v) is 3.80. The third kappa shape index (κ3) is 3.56. The summed E-state index contributed by atoms with van der Waals surface area (Å²) in [6.45, 7) is 3.15. The predicted octanol–water partition coefficient (Wildman–Crippen LogP) is 4.40. The van der Waals surface area contributed by atoms with Gasteiger partial charge in [-0.15, -0.1) is 0 Å². The molecular formula is C20H21F3N4O. The highest BCUT2D eigenvalue weighted by atomic mass is 19.4. The van der Waals surface area contributed by atoms with Crippen molar-refractivity contribution < 1.29 is 17.9 Å². The molecule has 2 aromatic heterocycles. The van der Waals surface area contributed by atoms with Gasteiger partial charge in [-0.1, -0.05) is 12.1 Å². The van der Waals surface area contributed by atoms with Gasteiger partial charge in [-0.05, 0) is 50.1 Å². The van der Waals surface area contributed by atoms with Crippen molar-refractivity contribution in [2.24, 2.45) is 0 Å². The topological polar surface area (TPSA) is 42.7 Å². The van der Waals surface area contributed by atoms with Crippen LogP contribution in [0.15, 0.2) is 36.4 Å². The van der Waals surface area contributed by atoms with Gasteiger partial charge in [0.2, 0.25) is 0 Å². The molecule has 148 valence electrons. The van der Waals surface area contributed by atoms with E-state index >= 15 is 0 Å². The molecule has 28 heavy (non-hydrogen) atoms. The molecule has 0 saturated carbocycles. The molecule has 1 unspecified atom stereocenters. The number of rotatable bonds is 4. The van der Waals surface area contributed by atoms with Crippen LogP contribution in [0.2, 0.25) is 0 Å². The Labute approximate surface area is 160 Å². The molecule has 1 saturated heterocycles. The maximum Gasteiger partial charge on any atom is 0.433 e. The fraction of sp³-hybridized carbons (Fsp3) is 0.400. The number of nitrogens with zero attached hydrogens (tertiary/aromatic N) is 4. The Hall–Kier alpha value is -2.61. The number of halogens is 3. The van der Waals surface area contributed by atoms with Crippen molar-refractivity contribution in [3.63, 3.8) is 0 Å². The Balaban J connectivity index is 1.64. The van der Waals surface area contributed by atoms with E-state index in [0.717, 1.165) is 41.3 Å². The number of hydrogen-bond acceptors (Lipinski definition) is 4. The maximum atomic E-state index is 13.4. The Morgan fingerprint density at radius 1 is 1.18 bits per heavy atom. The predicted molar refractivity (Wildman–Crippen MR) is 98.1 cm³/mol. The van der Waals surface area contributed by atoms with E-state index in [0.29, 0.717) is 17.9 Å². The second kappa shape index (κ2) is 7.09. The van der Waals surface area contributed by atoms with Gasteiger partial charge >= 0.3 is 6.18 Å². The van der Waals surface area contributed by atoms with Crippen molar-refractivity contribution in [1.29, 1.82) is 0 Å². The van der Waals surface area contributed by atoms with Crippen molar-refractivity contribution in [2.45, 2.75) is 38.5 Å². The second-order valence-corrected chi connectivity index (χ2v) is 7.10. The molecule has 1 aliphatic rings. The van der Waals surface area contributed by atoms with E-state index in [2.05, 4.69) is 15.0 Å². The lowest BCUT2D eigenvalue weighted by atomic mass is 10.1. The summed E-state index contributed by atoms with van der Waals surface area (Å²) in [7, 11) is 1.62. The van der Waals surface area contributed by atoms with Crippen LogP contribution in [0.1, 0.15) is 41.5 Å². The molecule has 4 rings (SSSR count). The Morgan fingerprint density at radius 2 is 1.93 bits per heavy atom. The van der Waals surface area contributed by atoms with Crippen LogP contribution in [0.3, 0.4) is 0 Å². The van der Waals surface area contributed by atoms with Crippen molar-refractivity contribution >= 4 is 5.65 Å². The van der Waals surface area contributed by atoms with Crippen LogP contribution < -0.4 is 4.74 Å². The van der Waals surface area contributed by atoms with Gasteiger partial charge in [-0.3, -0.25) is 4.90 Å². The normalized spacial score (nSPS) is 18.1. The summed E-state index contributed by atoms with van der Waals surface area (Å²) < 4.78 is 46.3. The molecule has 1 aromatic carbocycles. The number of aromatic nitrogens is 3. The molecule has 1 aliphatic heterocycles. The zero-order valence-electron chi connectivity index (χ0n) is 15.7. The first kappa shape index (κ1) is 18.7. The number of likely N-dealkylation sites (tertiary alicyclic amines) is 1. The number of methoxy groups -OCH3 is 1. The van der Waals surface area contributed by atoms with Gasteiger partial charge in [0.05, 0.1) is 18.8 Å². The van der Waals surface area contributed by atoms with E-state index in [1.54, 1.807) is 20.1 Å². The molecule has 0 N–H and O–H groups in total. The van der Waals surface area contributed by atoms with Gasteiger partial charge in [-0.25, -0.2) is 9.50 Å². The van der Waals surface area contributed by atoms with Gasteiger partial charge in [0.1, 0.15) is 11.4 Å².